The van der Waals surface area contributed by atoms with Crippen LogP contribution in [0.3, 0.4) is 0 Å². The Kier molecular flexibility index (Phi) is 6.68. The third-order valence-electron chi connectivity index (χ3n) is 6.90. The number of benzene rings is 2. The molecule has 0 aromatic heterocycles. The summed E-state index contributed by atoms with van der Waals surface area (Å²) in [5, 5.41) is 12.7. The lowest BCUT2D eigenvalue weighted by Crippen LogP contribution is -2.47. The number of piperidine rings is 1. The van der Waals surface area contributed by atoms with Crippen molar-refractivity contribution in [3.05, 3.63) is 71.3 Å². The van der Waals surface area contributed by atoms with Crippen molar-refractivity contribution in [2.24, 2.45) is 5.41 Å². The number of likely N-dealkylation sites (tertiary alicyclic amines) is 1. The van der Waals surface area contributed by atoms with Gasteiger partial charge in [0.25, 0.3) is 0 Å². The molecule has 0 spiro atoms. The maximum atomic E-state index is 14.4. The predicted molar refractivity (Wildman–Crippen MR) is 116 cm³/mol. The molecule has 4 nitrogen and oxygen atoms in total. The van der Waals surface area contributed by atoms with Gasteiger partial charge in [-0.1, -0.05) is 36.4 Å². The van der Waals surface area contributed by atoms with Crippen LogP contribution in [0.1, 0.15) is 42.7 Å². The lowest BCUT2D eigenvalue weighted by Gasteiger charge is -2.42. The van der Waals surface area contributed by atoms with Gasteiger partial charge in [-0.15, -0.1) is 0 Å². The molecule has 1 saturated heterocycles. The van der Waals surface area contributed by atoms with E-state index >= 15 is 0 Å². The molecule has 1 heterocycles. The first-order valence-electron chi connectivity index (χ1n) is 11.1. The zero-order chi connectivity index (χ0) is 21.8. The van der Waals surface area contributed by atoms with Crippen LogP contribution in [0.25, 0.3) is 0 Å². The maximum Gasteiger partial charge on any atom is 0.304 e. The number of aliphatic carboxylic acids is 1. The van der Waals surface area contributed by atoms with Gasteiger partial charge in [-0.2, -0.15) is 0 Å². The van der Waals surface area contributed by atoms with Crippen LogP contribution in [0, 0.1) is 17.0 Å². The molecule has 2 N–H and O–H groups in total. The number of carboxylic acid groups (broad SMARTS) is 1. The van der Waals surface area contributed by atoms with Crippen molar-refractivity contribution in [3.8, 4) is 0 Å². The van der Waals surface area contributed by atoms with Crippen LogP contribution in [0.2, 0.25) is 0 Å². The van der Waals surface area contributed by atoms with E-state index in [1.165, 1.54) is 11.6 Å². The Morgan fingerprint density at radius 1 is 1.13 bits per heavy atom. The summed E-state index contributed by atoms with van der Waals surface area (Å²) in [6.45, 7) is 2.92. The third kappa shape index (κ3) is 5.69. The van der Waals surface area contributed by atoms with E-state index in [4.69, 9.17) is 5.11 Å². The molecule has 2 aromatic carbocycles. The van der Waals surface area contributed by atoms with Crippen molar-refractivity contribution in [3.63, 3.8) is 0 Å². The highest BCUT2D eigenvalue weighted by Crippen LogP contribution is 2.42. The fourth-order valence-electron chi connectivity index (χ4n) is 4.83. The number of carbonyl (C=O) groups is 1. The number of hydrogen-bond acceptors (Lipinski definition) is 3. The Hall–Kier alpha value is -2.31. The number of nitrogens with zero attached hydrogens (tertiary/aromatic N) is 1. The van der Waals surface area contributed by atoms with Crippen LogP contribution in [-0.2, 0) is 11.2 Å². The molecule has 6 heteroatoms. The van der Waals surface area contributed by atoms with Gasteiger partial charge >= 0.3 is 5.97 Å². The molecule has 0 radical (unpaired) electrons. The molecule has 1 aliphatic carbocycles. The quantitative estimate of drug-likeness (QED) is 0.628. The topological polar surface area (TPSA) is 52.6 Å². The van der Waals surface area contributed by atoms with Gasteiger partial charge in [0.1, 0.15) is 11.6 Å². The van der Waals surface area contributed by atoms with E-state index in [0.717, 1.165) is 45.0 Å². The highest BCUT2D eigenvalue weighted by Gasteiger charge is 2.41. The fourth-order valence-corrected chi connectivity index (χ4v) is 4.83. The SMILES string of the molecule is O=C(O)CCN1CCC(CN[C@@H]2CC2c2ccccc2)(Cc2ccc(F)cc2F)CC1. The van der Waals surface area contributed by atoms with Gasteiger partial charge in [-0.25, -0.2) is 8.78 Å². The molecule has 166 valence electrons. The van der Waals surface area contributed by atoms with Crippen LogP contribution in [0.4, 0.5) is 8.78 Å². The summed E-state index contributed by atoms with van der Waals surface area (Å²) in [7, 11) is 0. The lowest BCUT2D eigenvalue weighted by molar-refractivity contribution is -0.137. The van der Waals surface area contributed by atoms with Crippen molar-refractivity contribution in [1.29, 1.82) is 0 Å². The van der Waals surface area contributed by atoms with Crippen LogP contribution in [-0.4, -0.2) is 48.2 Å². The Labute approximate surface area is 182 Å². The second kappa shape index (κ2) is 9.45. The molecule has 2 aromatic rings. The summed E-state index contributed by atoms with van der Waals surface area (Å²) >= 11 is 0. The average molecular weight is 429 g/mol. The van der Waals surface area contributed by atoms with Gasteiger partial charge in [-0.3, -0.25) is 4.79 Å². The molecule has 1 saturated carbocycles. The fraction of sp³-hybridized carbons (Fsp3) is 0.480. The summed E-state index contributed by atoms with van der Waals surface area (Å²) in [6.07, 6.45) is 3.52. The van der Waals surface area contributed by atoms with E-state index in [-0.39, 0.29) is 11.8 Å². The molecule has 0 amide bonds. The largest absolute Gasteiger partial charge is 0.481 e. The van der Waals surface area contributed by atoms with Crippen molar-refractivity contribution in [2.75, 3.05) is 26.2 Å². The van der Waals surface area contributed by atoms with Crippen molar-refractivity contribution in [2.45, 2.75) is 44.1 Å². The number of halogens is 2. The highest BCUT2D eigenvalue weighted by atomic mass is 19.1. The molecule has 0 bridgehead atoms. The van der Waals surface area contributed by atoms with Gasteiger partial charge in [0.05, 0.1) is 6.42 Å². The normalized spacial score (nSPS) is 22.9. The predicted octanol–water partition coefficient (Wildman–Crippen LogP) is 4.21. The van der Waals surface area contributed by atoms with E-state index in [1.54, 1.807) is 6.07 Å². The van der Waals surface area contributed by atoms with Gasteiger partial charge in [0, 0.05) is 31.1 Å². The van der Waals surface area contributed by atoms with Crippen molar-refractivity contribution >= 4 is 5.97 Å². The number of carboxylic acids is 1. The van der Waals surface area contributed by atoms with E-state index in [2.05, 4.69) is 34.5 Å². The van der Waals surface area contributed by atoms with Gasteiger partial charge in [0.15, 0.2) is 0 Å². The van der Waals surface area contributed by atoms with E-state index < -0.39 is 17.6 Å². The van der Waals surface area contributed by atoms with Crippen molar-refractivity contribution in [1.82, 2.24) is 10.2 Å². The maximum absolute atomic E-state index is 14.4. The minimum absolute atomic E-state index is 0.123. The highest BCUT2D eigenvalue weighted by molar-refractivity contribution is 5.66. The van der Waals surface area contributed by atoms with Gasteiger partial charge in [-0.05, 0) is 61.4 Å². The summed E-state index contributed by atoms with van der Waals surface area (Å²) < 4.78 is 27.8. The molecular formula is C25H30F2N2O2. The molecule has 2 atom stereocenters. The summed E-state index contributed by atoms with van der Waals surface area (Å²) in [4.78, 5) is 13.1. The zero-order valence-electron chi connectivity index (χ0n) is 17.7. The Morgan fingerprint density at radius 3 is 2.55 bits per heavy atom. The van der Waals surface area contributed by atoms with Gasteiger partial charge in [0.2, 0.25) is 0 Å². The molecule has 31 heavy (non-hydrogen) atoms. The number of hydrogen-bond donors (Lipinski definition) is 2. The first kappa shape index (κ1) is 21.9. The minimum atomic E-state index is -0.785. The summed E-state index contributed by atoms with van der Waals surface area (Å²) in [5.41, 5.74) is 1.78. The summed E-state index contributed by atoms with van der Waals surface area (Å²) in [5.74, 6) is -1.30. The zero-order valence-corrected chi connectivity index (χ0v) is 17.7. The van der Waals surface area contributed by atoms with Crippen LogP contribution < -0.4 is 5.32 Å². The smallest absolute Gasteiger partial charge is 0.304 e. The summed E-state index contributed by atoms with van der Waals surface area (Å²) in [6, 6.07) is 14.8. The van der Waals surface area contributed by atoms with Crippen LogP contribution in [0.15, 0.2) is 48.5 Å². The first-order valence-corrected chi connectivity index (χ1v) is 11.1. The second-order valence-electron chi connectivity index (χ2n) is 9.14. The van der Waals surface area contributed by atoms with E-state index in [9.17, 15) is 13.6 Å². The van der Waals surface area contributed by atoms with Crippen LogP contribution in [0.5, 0.6) is 0 Å². The Bertz CT molecular complexity index is 898. The molecule has 2 fully saturated rings. The third-order valence-corrected chi connectivity index (χ3v) is 6.90. The lowest BCUT2D eigenvalue weighted by atomic mass is 9.73. The monoisotopic (exact) mass is 428 g/mol. The van der Waals surface area contributed by atoms with Crippen molar-refractivity contribution < 1.29 is 18.7 Å². The number of rotatable bonds is 9. The number of nitrogens with one attached hydrogen (secondary N) is 1. The van der Waals surface area contributed by atoms with Gasteiger partial charge < -0.3 is 15.3 Å². The first-order chi connectivity index (χ1) is 14.9. The Morgan fingerprint density at radius 2 is 1.87 bits per heavy atom. The second-order valence-corrected chi connectivity index (χ2v) is 9.14. The van der Waals surface area contributed by atoms with E-state index in [1.807, 2.05) is 6.07 Å². The van der Waals surface area contributed by atoms with Crippen LogP contribution >= 0.6 is 0 Å². The average Bonchev–Trinajstić information content (AvgIpc) is 3.55. The van der Waals surface area contributed by atoms with E-state index in [0.29, 0.717) is 30.5 Å². The molecular weight excluding hydrogens is 398 g/mol. The Balaban J connectivity index is 1.41. The standard InChI is InChI=1S/C25H30F2N2O2/c26-20-7-6-19(22(27)14-20)16-25(9-12-29(13-10-25)11-8-24(30)31)17-28-23-15-21(23)18-4-2-1-3-5-18/h1-7,14,21,23,28H,8-13,15-17H2,(H,30,31)/t21?,23-/m1/s1. The molecule has 2 aliphatic rings. The molecule has 1 aliphatic heterocycles. The minimum Gasteiger partial charge on any atom is -0.481 e. The molecule has 1 unspecified atom stereocenters. The molecule has 4 rings (SSSR count).